The number of benzene rings is 1. The molecule has 1 aliphatic carbocycles. The maximum Gasteiger partial charge on any atom is 0.328 e. The van der Waals surface area contributed by atoms with Gasteiger partial charge in [-0.2, -0.15) is 0 Å². The number of unbranched alkanes of at least 4 members (excludes halogenated alkanes) is 1. The van der Waals surface area contributed by atoms with Crippen molar-refractivity contribution in [2.24, 2.45) is 10.9 Å². The summed E-state index contributed by atoms with van der Waals surface area (Å²) in [4.78, 5) is 30.8. The van der Waals surface area contributed by atoms with Gasteiger partial charge in [0.05, 0.1) is 12.0 Å². The van der Waals surface area contributed by atoms with E-state index in [1.165, 1.54) is 0 Å². The van der Waals surface area contributed by atoms with Crippen molar-refractivity contribution in [3.8, 4) is 11.4 Å². The average molecular weight is 532 g/mol. The molecule has 2 N–H and O–H groups in total. The van der Waals surface area contributed by atoms with Crippen LogP contribution in [0.5, 0.6) is 0 Å². The van der Waals surface area contributed by atoms with Crippen LogP contribution in [0, 0.1) is 5.92 Å². The lowest BCUT2D eigenvalue weighted by molar-refractivity contribution is -0.144. The number of aliphatic imine (C=N–C) groups is 1. The van der Waals surface area contributed by atoms with E-state index in [-0.39, 0.29) is 11.7 Å². The van der Waals surface area contributed by atoms with Crippen LogP contribution in [0.1, 0.15) is 82.0 Å². The lowest BCUT2D eigenvalue weighted by atomic mass is 9.76. The van der Waals surface area contributed by atoms with Gasteiger partial charge < -0.3 is 5.11 Å². The number of carboxylic acid groups (broad SMARTS) is 1. The number of nitrogens with one attached hydrogen (secondary N) is 1. The van der Waals surface area contributed by atoms with Crippen LogP contribution >= 0.6 is 0 Å². The molecule has 206 valence electrons. The van der Waals surface area contributed by atoms with Crippen LogP contribution in [0.4, 0.5) is 0 Å². The van der Waals surface area contributed by atoms with E-state index in [9.17, 15) is 14.7 Å². The summed E-state index contributed by atoms with van der Waals surface area (Å²) in [6.07, 6.45) is 16.3. The highest BCUT2D eigenvalue weighted by molar-refractivity contribution is 5.70. The summed E-state index contributed by atoms with van der Waals surface area (Å²) in [6.45, 7) is 2.57. The van der Waals surface area contributed by atoms with E-state index in [4.69, 9.17) is 0 Å². The molecular weight excluding hydrogens is 494 g/mol. The fraction of sp³-hybridized carbons (Fsp3) is 0.517. The molecule has 5 rings (SSSR count). The molecule has 0 spiro atoms. The molecule has 3 heterocycles. The molecule has 10 heteroatoms. The number of hydrogen-bond acceptors (Lipinski definition) is 6. The highest BCUT2D eigenvalue weighted by Gasteiger charge is 2.36. The molecule has 0 bridgehead atoms. The first kappa shape index (κ1) is 26.8. The van der Waals surface area contributed by atoms with Gasteiger partial charge in [0.2, 0.25) is 0 Å². The smallest absolute Gasteiger partial charge is 0.328 e. The number of allylic oxidation sites excluding steroid dienone is 1. The van der Waals surface area contributed by atoms with Crippen molar-refractivity contribution in [2.45, 2.75) is 89.1 Å². The normalized spacial score (nSPS) is 23.4. The zero-order valence-corrected chi connectivity index (χ0v) is 22.5. The zero-order chi connectivity index (χ0) is 27.2. The molecular formula is C29H37N7O3. The monoisotopic (exact) mass is 531 g/mol. The molecule has 3 atom stereocenters. The second kappa shape index (κ2) is 11.9. The Bertz CT molecular complexity index is 1390. The number of tetrazole rings is 1. The number of aliphatic carboxylic acids is 1. The van der Waals surface area contributed by atoms with Crippen molar-refractivity contribution >= 4 is 12.2 Å². The zero-order valence-electron chi connectivity index (χ0n) is 22.5. The molecule has 10 nitrogen and oxygen atoms in total. The predicted molar refractivity (Wildman–Crippen MR) is 149 cm³/mol. The Labute approximate surface area is 227 Å². The third kappa shape index (κ3) is 5.65. The van der Waals surface area contributed by atoms with Gasteiger partial charge in [-0.25, -0.2) is 9.89 Å². The number of carbonyl (C=O) groups is 1. The van der Waals surface area contributed by atoms with Crippen LogP contribution in [-0.2, 0) is 23.2 Å². The van der Waals surface area contributed by atoms with Gasteiger partial charge in [-0.05, 0) is 54.2 Å². The van der Waals surface area contributed by atoms with Crippen molar-refractivity contribution < 1.29 is 9.90 Å². The van der Waals surface area contributed by atoms with E-state index >= 15 is 0 Å². The SMILES string of the molecule is CCCCc1cn(C2CCCCCCC2C(=O)O)c(=O)n1CC1(c2cccc(-c3nnn[nH]3)c2)C=CN=CC1. The maximum absolute atomic E-state index is 14.2. The minimum absolute atomic E-state index is 0.121. The first-order valence-electron chi connectivity index (χ1n) is 14.1. The Balaban J connectivity index is 1.58. The molecule has 0 saturated heterocycles. The number of H-pyrrole nitrogens is 1. The number of nitrogens with zero attached hydrogens (tertiary/aromatic N) is 6. The van der Waals surface area contributed by atoms with E-state index < -0.39 is 17.3 Å². The third-order valence-corrected chi connectivity index (χ3v) is 8.31. The molecule has 0 radical (unpaired) electrons. The van der Waals surface area contributed by atoms with Gasteiger partial charge in [0.1, 0.15) is 0 Å². The number of hydrogen-bond donors (Lipinski definition) is 2. The Hall–Kier alpha value is -3.82. The minimum atomic E-state index is -0.807. The quantitative estimate of drug-likeness (QED) is 0.412. The van der Waals surface area contributed by atoms with E-state index in [0.29, 0.717) is 31.6 Å². The first-order chi connectivity index (χ1) is 19.0. The van der Waals surface area contributed by atoms with Crippen LogP contribution in [-0.4, -0.2) is 47.0 Å². The molecule has 39 heavy (non-hydrogen) atoms. The summed E-state index contributed by atoms with van der Waals surface area (Å²) in [7, 11) is 0. The molecule has 2 aromatic heterocycles. The Kier molecular flexibility index (Phi) is 8.18. The molecule has 0 amide bonds. The van der Waals surface area contributed by atoms with Gasteiger partial charge in [0.25, 0.3) is 0 Å². The molecule has 1 aromatic carbocycles. The fourth-order valence-electron chi connectivity index (χ4n) is 6.09. The second-order valence-corrected chi connectivity index (χ2v) is 10.8. The van der Waals surface area contributed by atoms with Gasteiger partial charge in [-0.1, -0.05) is 63.3 Å². The summed E-state index contributed by atoms with van der Waals surface area (Å²) in [5.41, 5.74) is 2.23. The van der Waals surface area contributed by atoms with E-state index in [0.717, 1.165) is 61.8 Å². The predicted octanol–water partition coefficient (Wildman–Crippen LogP) is 4.69. The number of aromatic nitrogens is 6. The summed E-state index contributed by atoms with van der Waals surface area (Å²) >= 11 is 0. The molecule has 3 unspecified atom stereocenters. The molecule has 3 aromatic rings. The van der Waals surface area contributed by atoms with Gasteiger partial charge in [0.15, 0.2) is 5.82 Å². The summed E-state index contributed by atoms with van der Waals surface area (Å²) in [5.74, 6) is -0.782. The number of aromatic amines is 1. The number of aryl methyl sites for hydroxylation is 1. The largest absolute Gasteiger partial charge is 0.481 e. The third-order valence-electron chi connectivity index (χ3n) is 8.31. The molecule has 1 fully saturated rings. The molecule has 1 saturated carbocycles. The lowest BCUT2D eigenvalue weighted by Crippen LogP contribution is -2.39. The van der Waals surface area contributed by atoms with Crippen LogP contribution in [0.25, 0.3) is 11.4 Å². The second-order valence-electron chi connectivity index (χ2n) is 10.8. The van der Waals surface area contributed by atoms with Crippen LogP contribution in [0.3, 0.4) is 0 Å². The van der Waals surface area contributed by atoms with E-state index in [1.54, 1.807) is 10.8 Å². The first-order valence-corrected chi connectivity index (χ1v) is 14.1. The topological polar surface area (TPSA) is 131 Å². The average Bonchev–Trinajstić information content (AvgIpc) is 3.57. The van der Waals surface area contributed by atoms with E-state index in [2.05, 4.69) is 50.7 Å². The van der Waals surface area contributed by atoms with Gasteiger partial charge in [-0.3, -0.25) is 18.9 Å². The van der Waals surface area contributed by atoms with Crippen molar-refractivity contribution in [3.63, 3.8) is 0 Å². The summed E-state index contributed by atoms with van der Waals surface area (Å²) in [5, 5.41) is 24.4. The summed E-state index contributed by atoms with van der Waals surface area (Å²) < 4.78 is 3.64. The molecule has 1 aliphatic heterocycles. The van der Waals surface area contributed by atoms with E-state index in [1.807, 2.05) is 29.1 Å². The van der Waals surface area contributed by atoms with Crippen LogP contribution in [0.2, 0.25) is 0 Å². The van der Waals surface area contributed by atoms with Gasteiger partial charge in [0, 0.05) is 41.8 Å². The summed E-state index contributed by atoms with van der Waals surface area (Å²) in [6, 6.07) is 7.73. The van der Waals surface area contributed by atoms with Crippen LogP contribution in [0.15, 0.2) is 52.5 Å². The minimum Gasteiger partial charge on any atom is -0.481 e. The van der Waals surface area contributed by atoms with Gasteiger partial charge >= 0.3 is 11.7 Å². The maximum atomic E-state index is 14.2. The Morgan fingerprint density at radius 1 is 1.21 bits per heavy atom. The number of carboxylic acids is 1. The van der Waals surface area contributed by atoms with Crippen molar-refractivity contribution in [1.82, 2.24) is 29.8 Å². The van der Waals surface area contributed by atoms with Crippen molar-refractivity contribution in [2.75, 3.05) is 0 Å². The van der Waals surface area contributed by atoms with Crippen molar-refractivity contribution in [1.29, 1.82) is 0 Å². The highest BCUT2D eigenvalue weighted by Crippen LogP contribution is 2.36. The van der Waals surface area contributed by atoms with Gasteiger partial charge in [-0.15, -0.1) is 5.10 Å². The number of imidazole rings is 1. The number of rotatable bonds is 9. The molecule has 2 aliphatic rings. The fourth-order valence-corrected chi connectivity index (χ4v) is 6.09. The van der Waals surface area contributed by atoms with Crippen LogP contribution < -0.4 is 5.69 Å². The standard InChI is InChI=1S/C29H37N7O3/c1-2-3-11-23-19-35(25-13-7-5-4-6-12-24(25)27(37)38)28(39)36(23)20-29(14-16-30-17-15-29)22-10-8-9-21(18-22)26-31-33-34-32-26/h8-10,14,16-19,24-25H,2-7,11-13,15,20H2,1H3,(H,37,38)(H,31,32,33,34). The van der Waals surface area contributed by atoms with Crippen molar-refractivity contribution in [3.05, 3.63) is 64.5 Å². The Morgan fingerprint density at radius 3 is 2.77 bits per heavy atom. The lowest BCUT2D eigenvalue weighted by Gasteiger charge is -2.32. The Morgan fingerprint density at radius 2 is 2.05 bits per heavy atom. The highest BCUT2D eigenvalue weighted by atomic mass is 16.4.